The van der Waals surface area contributed by atoms with Crippen LogP contribution in [0.4, 0.5) is 4.39 Å². The molecule has 1 aromatic rings. The summed E-state index contributed by atoms with van der Waals surface area (Å²) in [4.78, 5) is 0. The molecule has 0 aliphatic rings. The number of rotatable bonds is 1. The second-order valence-corrected chi connectivity index (χ2v) is 3.73. The summed E-state index contributed by atoms with van der Waals surface area (Å²) >= 11 is 5.79. The Balaban J connectivity index is 3.23. The Morgan fingerprint density at radius 2 is 1.75 bits per heavy atom. The second-order valence-electron chi connectivity index (χ2n) is 3.07. The molecule has 0 radical (unpaired) electrons. The molecule has 1 atom stereocenters. The number of halogens is 2. The lowest BCUT2D eigenvalue weighted by atomic mass is 10.0. The molecule has 1 aromatic carbocycles. The molecule has 0 fully saturated rings. The Morgan fingerprint density at radius 3 is 2.25 bits per heavy atom. The van der Waals surface area contributed by atoms with Gasteiger partial charge in [0.1, 0.15) is 5.82 Å². The lowest BCUT2D eigenvalue weighted by Crippen LogP contribution is -1.94. The maximum absolute atomic E-state index is 13.2. The summed E-state index contributed by atoms with van der Waals surface area (Å²) in [6.45, 7) is 5.62. The molecule has 2 heteroatoms. The Hall–Kier alpha value is -0.560. The van der Waals surface area contributed by atoms with Crippen LogP contribution in [0.3, 0.4) is 0 Å². The Bertz CT molecular complexity index is 292. The van der Waals surface area contributed by atoms with E-state index in [0.717, 1.165) is 11.1 Å². The van der Waals surface area contributed by atoms with Crippen molar-refractivity contribution in [3.63, 3.8) is 0 Å². The summed E-state index contributed by atoms with van der Waals surface area (Å²) in [5.41, 5.74) is 2.63. The van der Waals surface area contributed by atoms with Crippen molar-refractivity contribution < 1.29 is 4.39 Å². The van der Waals surface area contributed by atoms with E-state index in [9.17, 15) is 4.39 Å². The average molecular weight is 187 g/mol. The van der Waals surface area contributed by atoms with Crippen LogP contribution in [-0.4, -0.2) is 0 Å². The molecule has 1 unspecified atom stereocenters. The number of alkyl halides is 1. The smallest absolute Gasteiger partial charge is 0.128 e. The highest BCUT2D eigenvalue weighted by atomic mass is 35.5. The first kappa shape index (κ1) is 9.53. The van der Waals surface area contributed by atoms with Crippen LogP contribution in [-0.2, 0) is 0 Å². The predicted octanol–water partition coefficient (Wildman–Crippen LogP) is 3.74. The van der Waals surface area contributed by atoms with Crippen LogP contribution in [0.25, 0.3) is 0 Å². The minimum absolute atomic E-state index is 0.208. The normalized spacial score (nSPS) is 13.1. The van der Waals surface area contributed by atoms with E-state index in [2.05, 4.69) is 0 Å². The number of hydrogen-bond acceptors (Lipinski definition) is 0. The summed E-state index contributed by atoms with van der Waals surface area (Å²) in [5.74, 6) is -0.208. The Labute approximate surface area is 77.4 Å². The van der Waals surface area contributed by atoms with Crippen LogP contribution in [0, 0.1) is 19.7 Å². The Kier molecular flexibility index (Phi) is 2.73. The van der Waals surface area contributed by atoms with Gasteiger partial charge in [-0.1, -0.05) is 6.07 Å². The molecule has 0 N–H and O–H groups in total. The molecule has 0 spiro atoms. The average Bonchev–Trinajstić information content (AvgIpc) is 1.96. The van der Waals surface area contributed by atoms with E-state index in [-0.39, 0.29) is 11.2 Å². The minimum Gasteiger partial charge on any atom is -0.207 e. The second kappa shape index (κ2) is 3.44. The van der Waals surface area contributed by atoms with E-state index in [1.165, 1.54) is 6.07 Å². The van der Waals surface area contributed by atoms with Crippen LogP contribution in [0.1, 0.15) is 29.0 Å². The molecular weight excluding hydrogens is 175 g/mol. The highest BCUT2D eigenvalue weighted by Crippen LogP contribution is 2.24. The van der Waals surface area contributed by atoms with Gasteiger partial charge in [-0.05, 0) is 38.0 Å². The third kappa shape index (κ3) is 1.78. The SMILES string of the molecule is Cc1cc(F)c(C(C)Cl)cc1C. The van der Waals surface area contributed by atoms with Gasteiger partial charge in [0, 0.05) is 5.56 Å². The maximum atomic E-state index is 13.2. The van der Waals surface area contributed by atoms with Gasteiger partial charge < -0.3 is 0 Å². The number of hydrogen-bond donors (Lipinski definition) is 0. The first-order valence-corrected chi connectivity index (χ1v) is 4.36. The van der Waals surface area contributed by atoms with Crippen molar-refractivity contribution in [3.05, 3.63) is 34.6 Å². The molecule has 0 nitrogen and oxygen atoms in total. The fourth-order valence-corrected chi connectivity index (χ4v) is 1.28. The molecule has 0 saturated heterocycles. The number of aryl methyl sites for hydroxylation is 2. The van der Waals surface area contributed by atoms with Crippen molar-refractivity contribution in [2.45, 2.75) is 26.1 Å². The van der Waals surface area contributed by atoms with Gasteiger partial charge in [0.25, 0.3) is 0 Å². The lowest BCUT2D eigenvalue weighted by Gasteiger charge is -2.08. The van der Waals surface area contributed by atoms with E-state index in [1.54, 1.807) is 6.92 Å². The molecule has 0 aromatic heterocycles. The molecule has 0 bridgehead atoms. The van der Waals surface area contributed by atoms with Crippen LogP contribution in [0.5, 0.6) is 0 Å². The van der Waals surface area contributed by atoms with E-state index in [0.29, 0.717) is 5.56 Å². The topological polar surface area (TPSA) is 0 Å². The molecule has 1 rings (SSSR count). The largest absolute Gasteiger partial charge is 0.207 e. The van der Waals surface area contributed by atoms with E-state index < -0.39 is 0 Å². The van der Waals surface area contributed by atoms with Gasteiger partial charge in [-0.25, -0.2) is 4.39 Å². The Morgan fingerprint density at radius 1 is 1.25 bits per heavy atom. The van der Waals surface area contributed by atoms with Crippen LogP contribution < -0.4 is 0 Å². The number of benzene rings is 1. The van der Waals surface area contributed by atoms with Gasteiger partial charge in [-0.15, -0.1) is 11.6 Å². The molecule has 0 aliphatic carbocycles. The molecule has 12 heavy (non-hydrogen) atoms. The van der Waals surface area contributed by atoms with Crippen molar-refractivity contribution in [3.8, 4) is 0 Å². The molecular formula is C10H12ClF. The van der Waals surface area contributed by atoms with Gasteiger partial charge in [0.2, 0.25) is 0 Å². The van der Waals surface area contributed by atoms with Gasteiger partial charge in [-0.3, -0.25) is 0 Å². The quantitative estimate of drug-likeness (QED) is 0.587. The van der Waals surface area contributed by atoms with Crippen molar-refractivity contribution >= 4 is 11.6 Å². The van der Waals surface area contributed by atoms with Crippen molar-refractivity contribution in [1.82, 2.24) is 0 Å². The van der Waals surface area contributed by atoms with Gasteiger partial charge in [0.05, 0.1) is 5.38 Å². The summed E-state index contributed by atoms with van der Waals surface area (Å²) in [5, 5.41) is -0.260. The summed E-state index contributed by atoms with van der Waals surface area (Å²) in [7, 11) is 0. The third-order valence-corrected chi connectivity index (χ3v) is 2.28. The highest BCUT2D eigenvalue weighted by molar-refractivity contribution is 6.20. The van der Waals surface area contributed by atoms with E-state index in [1.807, 2.05) is 19.9 Å². The van der Waals surface area contributed by atoms with Crippen molar-refractivity contribution in [1.29, 1.82) is 0 Å². The fourth-order valence-electron chi connectivity index (χ4n) is 1.11. The van der Waals surface area contributed by atoms with Crippen molar-refractivity contribution in [2.24, 2.45) is 0 Å². The molecule has 0 saturated carbocycles. The first-order chi connectivity index (χ1) is 5.52. The highest BCUT2D eigenvalue weighted by Gasteiger charge is 2.09. The standard InChI is InChI=1S/C10H12ClF/c1-6-4-9(8(3)11)10(12)5-7(6)2/h4-5,8H,1-3H3. The third-order valence-electron chi connectivity index (χ3n) is 2.04. The fraction of sp³-hybridized carbons (Fsp3) is 0.400. The van der Waals surface area contributed by atoms with Crippen LogP contribution in [0.2, 0.25) is 0 Å². The van der Waals surface area contributed by atoms with E-state index in [4.69, 9.17) is 11.6 Å². The summed E-state index contributed by atoms with van der Waals surface area (Å²) < 4.78 is 13.2. The van der Waals surface area contributed by atoms with Crippen molar-refractivity contribution in [2.75, 3.05) is 0 Å². The van der Waals surface area contributed by atoms with Gasteiger partial charge in [-0.2, -0.15) is 0 Å². The van der Waals surface area contributed by atoms with Gasteiger partial charge >= 0.3 is 0 Å². The molecule has 0 heterocycles. The predicted molar refractivity (Wildman–Crippen MR) is 50.1 cm³/mol. The lowest BCUT2D eigenvalue weighted by molar-refractivity contribution is 0.608. The monoisotopic (exact) mass is 186 g/mol. The zero-order valence-corrected chi connectivity index (χ0v) is 8.24. The molecule has 66 valence electrons. The van der Waals surface area contributed by atoms with Crippen LogP contribution >= 0.6 is 11.6 Å². The van der Waals surface area contributed by atoms with E-state index >= 15 is 0 Å². The zero-order chi connectivity index (χ0) is 9.30. The maximum Gasteiger partial charge on any atom is 0.128 e. The minimum atomic E-state index is -0.260. The summed E-state index contributed by atoms with van der Waals surface area (Å²) in [6, 6.07) is 3.34. The first-order valence-electron chi connectivity index (χ1n) is 3.93. The van der Waals surface area contributed by atoms with Crippen LogP contribution in [0.15, 0.2) is 12.1 Å². The molecule has 0 amide bonds. The zero-order valence-electron chi connectivity index (χ0n) is 7.49. The van der Waals surface area contributed by atoms with Gasteiger partial charge in [0.15, 0.2) is 0 Å². The molecule has 0 aliphatic heterocycles. The summed E-state index contributed by atoms with van der Waals surface area (Å²) in [6.07, 6.45) is 0.